The Morgan fingerprint density at radius 2 is 1.67 bits per heavy atom. The molecule has 2 aliphatic rings. The van der Waals surface area contributed by atoms with Crippen LogP contribution in [-0.2, 0) is 0 Å². The molecule has 5 nitrogen and oxygen atoms in total. The Hall–Kier alpha value is -1.85. The number of aromatic nitrogens is 2. The standard InChI is InChI=1S/C21H28ClN5/c22-18-14-24-21(26-15-5-2-1-3-6-15)13-17(18)19-7-4-8-20(27-19)25-16-9-11-23-12-10-16/h4,7-8,13-16,23H,1-3,5-6,9-12H2,(H,24,26)(H,25,27). The summed E-state index contributed by atoms with van der Waals surface area (Å²) in [6.07, 6.45) is 10.3. The maximum absolute atomic E-state index is 6.46. The van der Waals surface area contributed by atoms with Crippen molar-refractivity contribution in [1.29, 1.82) is 0 Å². The van der Waals surface area contributed by atoms with Crippen LogP contribution in [0.15, 0.2) is 30.5 Å². The van der Waals surface area contributed by atoms with Gasteiger partial charge < -0.3 is 16.0 Å². The maximum Gasteiger partial charge on any atom is 0.126 e. The van der Waals surface area contributed by atoms with Gasteiger partial charge in [-0.1, -0.05) is 36.9 Å². The number of hydrogen-bond acceptors (Lipinski definition) is 5. The molecule has 27 heavy (non-hydrogen) atoms. The largest absolute Gasteiger partial charge is 0.367 e. The van der Waals surface area contributed by atoms with Crippen molar-refractivity contribution < 1.29 is 0 Å². The fourth-order valence-corrected chi connectivity index (χ4v) is 4.21. The summed E-state index contributed by atoms with van der Waals surface area (Å²) in [5.74, 6) is 1.80. The summed E-state index contributed by atoms with van der Waals surface area (Å²) in [5, 5.41) is 11.2. The molecule has 2 aromatic rings. The van der Waals surface area contributed by atoms with Gasteiger partial charge in [-0.3, -0.25) is 0 Å². The van der Waals surface area contributed by atoms with Gasteiger partial charge in [0, 0.05) is 23.8 Å². The predicted molar refractivity (Wildman–Crippen MR) is 112 cm³/mol. The van der Waals surface area contributed by atoms with Gasteiger partial charge in [-0.25, -0.2) is 9.97 Å². The Kier molecular flexibility index (Phi) is 6.10. The van der Waals surface area contributed by atoms with Crippen molar-refractivity contribution >= 4 is 23.2 Å². The summed E-state index contributed by atoms with van der Waals surface area (Å²) >= 11 is 6.46. The van der Waals surface area contributed by atoms with Crippen LogP contribution in [0.4, 0.5) is 11.6 Å². The van der Waals surface area contributed by atoms with Crippen LogP contribution in [0.25, 0.3) is 11.3 Å². The second-order valence-electron chi connectivity index (χ2n) is 7.61. The van der Waals surface area contributed by atoms with E-state index in [1.165, 1.54) is 32.1 Å². The molecule has 0 aromatic carbocycles. The molecular weight excluding hydrogens is 358 g/mol. The van der Waals surface area contributed by atoms with Gasteiger partial charge in [0.25, 0.3) is 0 Å². The lowest BCUT2D eigenvalue weighted by Gasteiger charge is -2.24. The van der Waals surface area contributed by atoms with E-state index in [2.05, 4.69) is 20.9 Å². The predicted octanol–water partition coefficient (Wildman–Crippen LogP) is 4.71. The first-order valence-corrected chi connectivity index (χ1v) is 10.5. The highest BCUT2D eigenvalue weighted by Crippen LogP contribution is 2.30. The Bertz CT molecular complexity index is 754. The zero-order valence-corrected chi connectivity index (χ0v) is 16.4. The summed E-state index contributed by atoms with van der Waals surface area (Å²) in [6, 6.07) is 9.11. The van der Waals surface area contributed by atoms with Gasteiger partial charge in [0.2, 0.25) is 0 Å². The molecule has 6 heteroatoms. The number of nitrogens with zero attached hydrogens (tertiary/aromatic N) is 2. The lowest BCUT2D eigenvalue weighted by Crippen LogP contribution is -2.35. The number of rotatable bonds is 5. The minimum Gasteiger partial charge on any atom is -0.367 e. The number of piperidine rings is 1. The van der Waals surface area contributed by atoms with Crippen LogP contribution >= 0.6 is 11.6 Å². The molecule has 1 saturated heterocycles. The van der Waals surface area contributed by atoms with Gasteiger partial charge in [0.05, 0.1) is 10.7 Å². The van der Waals surface area contributed by atoms with Gasteiger partial charge >= 0.3 is 0 Å². The highest BCUT2D eigenvalue weighted by molar-refractivity contribution is 6.33. The fraction of sp³-hybridized carbons (Fsp3) is 0.524. The molecule has 0 bridgehead atoms. The highest BCUT2D eigenvalue weighted by atomic mass is 35.5. The van der Waals surface area contributed by atoms with Crippen molar-refractivity contribution in [1.82, 2.24) is 15.3 Å². The third-order valence-electron chi connectivity index (χ3n) is 5.53. The van der Waals surface area contributed by atoms with Gasteiger partial charge in [0.1, 0.15) is 11.6 Å². The van der Waals surface area contributed by atoms with Crippen molar-refractivity contribution in [2.75, 3.05) is 23.7 Å². The Labute approximate surface area is 166 Å². The molecule has 2 aromatic heterocycles. The van der Waals surface area contributed by atoms with Gasteiger partial charge in [-0.15, -0.1) is 0 Å². The third-order valence-corrected chi connectivity index (χ3v) is 5.83. The van der Waals surface area contributed by atoms with E-state index in [4.69, 9.17) is 16.6 Å². The number of nitrogens with one attached hydrogen (secondary N) is 3. The Morgan fingerprint density at radius 3 is 2.48 bits per heavy atom. The van der Waals surface area contributed by atoms with E-state index in [1.807, 2.05) is 24.3 Å². The van der Waals surface area contributed by atoms with E-state index in [0.29, 0.717) is 17.1 Å². The first-order valence-electron chi connectivity index (χ1n) is 10.1. The molecule has 0 radical (unpaired) electrons. The van der Waals surface area contributed by atoms with E-state index in [1.54, 1.807) is 6.20 Å². The Balaban J connectivity index is 1.51. The van der Waals surface area contributed by atoms with E-state index < -0.39 is 0 Å². The van der Waals surface area contributed by atoms with E-state index in [9.17, 15) is 0 Å². The topological polar surface area (TPSA) is 61.9 Å². The van der Waals surface area contributed by atoms with Crippen molar-refractivity contribution in [2.24, 2.45) is 0 Å². The minimum absolute atomic E-state index is 0.477. The average Bonchev–Trinajstić information content (AvgIpc) is 2.71. The maximum atomic E-state index is 6.46. The summed E-state index contributed by atoms with van der Waals surface area (Å²) in [5.41, 5.74) is 1.81. The first kappa shape index (κ1) is 18.5. The molecule has 4 rings (SSSR count). The lowest BCUT2D eigenvalue weighted by molar-refractivity contribution is 0.462. The average molecular weight is 386 g/mol. The molecule has 3 N–H and O–H groups in total. The second-order valence-corrected chi connectivity index (χ2v) is 8.01. The van der Waals surface area contributed by atoms with Crippen LogP contribution in [0, 0.1) is 0 Å². The van der Waals surface area contributed by atoms with Gasteiger partial charge in [-0.2, -0.15) is 0 Å². The van der Waals surface area contributed by atoms with Crippen LogP contribution in [0.2, 0.25) is 5.02 Å². The first-order chi connectivity index (χ1) is 13.3. The van der Waals surface area contributed by atoms with E-state index in [-0.39, 0.29) is 0 Å². The van der Waals surface area contributed by atoms with Crippen molar-refractivity contribution in [3.63, 3.8) is 0 Å². The normalized spacial score (nSPS) is 19.0. The fourth-order valence-electron chi connectivity index (χ4n) is 4.01. The number of pyridine rings is 2. The van der Waals surface area contributed by atoms with Crippen molar-refractivity contribution in [3.05, 3.63) is 35.5 Å². The molecular formula is C21H28ClN5. The third kappa shape index (κ3) is 4.90. The van der Waals surface area contributed by atoms with Crippen LogP contribution in [0.5, 0.6) is 0 Å². The summed E-state index contributed by atoms with van der Waals surface area (Å²) in [7, 11) is 0. The highest BCUT2D eigenvalue weighted by Gasteiger charge is 2.16. The number of hydrogen-bond donors (Lipinski definition) is 3. The second kappa shape index (κ2) is 8.89. The quantitative estimate of drug-likeness (QED) is 0.696. The molecule has 0 spiro atoms. The van der Waals surface area contributed by atoms with Crippen LogP contribution < -0.4 is 16.0 Å². The summed E-state index contributed by atoms with van der Waals surface area (Å²) in [4.78, 5) is 9.30. The molecule has 1 saturated carbocycles. The summed E-state index contributed by atoms with van der Waals surface area (Å²) in [6.45, 7) is 2.12. The molecule has 1 aliphatic carbocycles. The molecule has 2 fully saturated rings. The molecule has 144 valence electrons. The smallest absolute Gasteiger partial charge is 0.126 e. The van der Waals surface area contributed by atoms with Crippen LogP contribution in [-0.4, -0.2) is 35.1 Å². The minimum atomic E-state index is 0.477. The SMILES string of the molecule is Clc1cnc(NC2CCCCC2)cc1-c1cccc(NC2CCNCC2)n1. The van der Waals surface area contributed by atoms with Gasteiger partial charge in [0.15, 0.2) is 0 Å². The van der Waals surface area contributed by atoms with Crippen LogP contribution in [0.1, 0.15) is 44.9 Å². The Morgan fingerprint density at radius 1 is 0.926 bits per heavy atom. The molecule has 0 amide bonds. The molecule has 0 atom stereocenters. The van der Waals surface area contributed by atoms with Crippen LogP contribution in [0.3, 0.4) is 0 Å². The summed E-state index contributed by atoms with van der Waals surface area (Å²) < 4.78 is 0. The zero-order chi connectivity index (χ0) is 18.5. The monoisotopic (exact) mass is 385 g/mol. The number of halogens is 1. The lowest BCUT2D eigenvalue weighted by atomic mass is 9.95. The zero-order valence-electron chi connectivity index (χ0n) is 15.7. The molecule has 0 unspecified atom stereocenters. The number of anilines is 2. The molecule has 3 heterocycles. The van der Waals surface area contributed by atoms with Gasteiger partial charge in [-0.05, 0) is 57.0 Å². The van der Waals surface area contributed by atoms with E-state index in [0.717, 1.165) is 48.8 Å². The van der Waals surface area contributed by atoms with Crippen molar-refractivity contribution in [2.45, 2.75) is 57.0 Å². The molecule has 1 aliphatic heterocycles. The van der Waals surface area contributed by atoms with E-state index >= 15 is 0 Å². The van der Waals surface area contributed by atoms with Crippen molar-refractivity contribution in [3.8, 4) is 11.3 Å².